The topological polar surface area (TPSA) is 154 Å². The number of carbonyl (C=O) groups excluding carboxylic acids is 2. The summed E-state index contributed by atoms with van der Waals surface area (Å²) in [5.41, 5.74) is 1.24. The van der Waals surface area contributed by atoms with Crippen LogP contribution in [0.2, 0.25) is 0 Å². The van der Waals surface area contributed by atoms with Crippen LogP contribution in [0.1, 0.15) is 27.1 Å². The number of nitriles is 1. The third-order valence-corrected chi connectivity index (χ3v) is 4.19. The molecule has 0 saturated carbocycles. The maximum atomic E-state index is 12.8. The van der Waals surface area contributed by atoms with Crippen LogP contribution >= 0.6 is 0 Å². The van der Waals surface area contributed by atoms with Crippen LogP contribution in [-0.4, -0.2) is 26.6 Å². The van der Waals surface area contributed by atoms with E-state index in [2.05, 4.69) is 10.4 Å². The van der Waals surface area contributed by atoms with Gasteiger partial charge in [-0.2, -0.15) is 10.4 Å². The molecule has 10 nitrogen and oxygen atoms in total. The standard InChI is InChI=1S/C20H15N5O5/c21-10-1-11-24-12-17(18(23-24)13-4-8-16(9-5-13)25(29)30)19(26)22-15-6-2-14(3-7-15)20(27)28/h2-9,12H,1,11H2,(H,22,26)(H,27,28)/p-1. The van der Waals surface area contributed by atoms with Gasteiger partial charge in [-0.1, -0.05) is 12.1 Å². The zero-order chi connectivity index (χ0) is 21.7. The van der Waals surface area contributed by atoms with E-state index < -0.39 is 16.8 Å². The van der Waals surface area contributed by atoms with Gasteiger partial charge < -0.3 is 15.2 Å². The van der Waals surface area contributed by atoms with Gasteiger partial charge in [0.05, 0.1) is 35.5 Å². The molecule has 1 aromatic heterocycles. The van der Waals surface area contributed by atoms with Crippen molar-refractivity contribution in [2.24, 2.45) is 0 Å². The van der Waals surface area contributed by atoms with Gasteiger partial charge in [-0.25, -0.2) is 0 Å². The minimum atomic E-state index is -1.33. The Morgan fingerprint density at radius 1 is 1.13 bits per heavy atom. The highest BCUT2D eigenvalue weighted by atomic mass is 16.6. The van der Waals surface area contributed by atoms with Crippen molar-refractivity contribution in [2.45, 2.75) is 13.0 Å². The van der Waals surface area contributed by atoms with E-state index >= 15 is 0 Å². The number of carbonyl (C=O) groups is 2. The predicted octanol–water partition coefficient (Wildman–Crippen LogP) is 1.99. The quantitative estimate of drug-likeness (QED) is 0.466. The summed E-state index contributed by atoms with van der Waals surface area (Å²) in [6, 6.07) is 13.0. The van der Waals surface area contributed by atoms with Gasteiger partial charge in [0.15, 0.2) is 0 Å². The normalized spacial score (nSPS) is 10.2. The van der Waals surface area contributed by atoms with Crippen LogP contribution in [0.15, 0.2) is 54.7 Å². The minimum Gasteiger partial charge on any atom is -0.545 e. The summed E-state index contributed by atoms with van der Waals surface area (Å²) in [6.07, 6.45) is 1.67. The van der Waals surface area contributed by atoms with Gasteiger partial charge in [0.2, 0.25) is 0 Å². The molecule has 0 saturated heterocycles. The fraction of sp³-hybridized carbons (Fsp3) is 0.100. The largest absolute Gasteiger partial charge is 0.545 e. The highest BCUT2D eigenvalue weighted by Crippen LogP contribution is 2.25. The summed E-state index contributed by atoms with van der Waals surface area (Å²) < 4.78 is 1.45. The molecule has 0 aliphatic heterocycles. The number of benzene rings is 2. The Kier molecular flexibility index (Phi) is 5.84. The number of nitrogens with zero attached hydrogens (tertiary/aromatic N) is 4. The first-order chi connectivity index (χ1) is 14.4. The third-order valence-electron chi connectivity index (χ3n) is 4.19. The number of carboxylic acids is 1. The second-order valence-electron chi connectivity index (χ2n) is 6.19. The Labute approximate surface area is 170 Å². The monoisotopic (exact) mass is 404 g/mol. The molecule has 2 aromatic carbocycles. The molecule has 30 heavy (non-hydrogen) atoms. The first-order valence-electron chi connectivity index (χ1n) is 8.71. The third kappa shape index (κ3) is 4.48. The summed E-state index contributed by atoms with van der Waals surface area (Å²) in [6.45, 7) is 0.268. The highest BCUT2D eigenvalue weighted by molar-refractivity contribution is 6.08. The molecule has 1 amide bonds. The molecule has 0 aliphatic carbocycles. The number of aromatic nitrogens is 2. The number of amides is 1. The van der Waals surface area contributed by atoms with Crippen molar-refractivity contribution in [1.82, 2.24) is 9.78 Å². The highest BCUT2D eigenvalue weighted by Gasteiger charge is 2.19. The number of hydrogen-bond acceptors (Lipinski definition) is 7. The molecule has 1 N–H and O–H groups in total. The Balaban J connectivity index is 1.92. The predicted molar refractivity (Wildman–Crippen MR) is 103 cm³/mol. The number of carboxylic acid groups (broad SMARTS) is 1. The lowest BCUT2D eigenvalue weighted by atomic mass is 10.1. The van der Waals surface area contributed by atoms with Crippen LogP contribution in [0.25, 0.3) is 11.3 Å². The molecule has 0 spiro atoms. The molecular formula is C20H14N5O5-. The van der Waals surface area contributed by atoms with Gasteiger partial charge in [0.25, 0.3) is 11.6 Å². The molecule has 3 rings (SSSR count). The van der Waals surface area contributed by atoms with Gasteiger partial charge in [-0.05, 0) is 29.8 Å². The molecule has 10 heteroatoms. The minimum absolute atomic E-state index is 0.0242. The van der Waals surface area contributed by atoms with E-state index in [4.69, 9.17) is 5.26 Å². The lowest BCUT2D eigenvalue weighted by Gasteiger charge is -2.07. The Morgan fingerprint density at radius 3 is 2.37 bits per heavy atom. The summed E-state index contributed by atoms with van der Waals surface area (Å²) in [4.78, 5) is 34.0. The Hall–Kier alpha value is -4.52. The van der Waals surface area contributed by atoms with Crippen molar-refractivity contribution in [3.63, 3.8) is 0 Å². The fourth-order valence-electron chi connectivity index (χ4n) is 2.71. The molecule has 150 valence electrons. The van der Waals surface area contributed by atoms with Gasteiger partial charge >= 0.3 is 0 Å². The maximum absolute atomic E-state index is 12.8. The van der Waals surface area contributed by atoms with Crippen LogP contribution in [0.3, 0.4) is 0 Å². The molecule has 0 radical (unpaired) electrons. The number of hydrogen-bond donors (Lipinski definition) is 1. The molecule has 0 bridgehead atoms. The van der Waals surface area contributed by atoms with Gasteiger partial charge in [0, 0.05) is 29.6 Å². The molecular weight excluding hydrogens is 390 g/mol. The van der Waals surface area contributed by atoms with Crippen molar-refractivity contribution in [3.05, 3.63) is 76.0 Å². The summed E-state index contributed by atoms with van der Waals surface area (Å²) in [5, 5.41) is 37.5. The number of nitro benzene ring substituents is 1. The molecule has 0 unspecified atom stereocenters. The van der Waals surface area contributed by atoms with Gasteiger partial charge in [-0.15, -0.1) is 0 Å². The lowest BCUT2D eigenvalue weighted by Crippen LogP contribution is -2.22. The number of nitro groups is 1. The maximum Gasteiger partial charge on any atom is 0.269 e. The van der Waals surface area contributed by atoms with E-state index in [0.717, 1.165) is 0 Å². The summed E-state index contributed by atoms with van der Waals surface area (Å²) >= 11 is 0. The van der Waals surface area contributed by atoms with Crippen LogP contribution in [-0.2, 0) is 6.54 Å². The number of nitrogens with one attached hydrogen (secondary N) is 1. The van der Waals surface area contributed by atoms with E-state index in [1.165, 1.54) is 59.4 Å². The zero-order valence-corrected chi connectivity index (χ0v) is 15.4. The van der Waals surface area contributed by atoms with Crippen molar-refractivity contribution in [2.75, 3.05) is 5.32 Å². The average Bonchev–Trinajstić information content (AvgIpc) is 3.17. The second-order valence-corrected chi connectivity index (χ2v) is 6.19. The average molecular weight is 404 g/mol. The Bertz CT molecular complexity index is 1140. The molecule has 0 fully saturated rings. The number of anilines is 1. The fourth-order valence-corrected chi connectivity index (χ4v) is 2.71. The van der Waals surface area contributed by atoms with E-state index in [-0.39, 0.29) is 29.8 Å². The van der Waals surface area contributed by atoms with E-state index in [9.17, 15) is 24.8 Å². The SMILES string of the molecule is N#CCCn1cc(C(=O)Nc2ccc(C(=O)[O-])cc2)c(-c2ccc([N+](=O)[O-])cc2)n1. The van der Waals surface area contributed by atoms with Crippen molar-refractivity contribution >= 4 is 23.3 Å². The number of aryl methyl sites for hydroxylation is 1. The van der Waals surface area contributed by atoms with E-state index in [1.54, 1.807) is 0 Å². The van der Waals surface area contributed by atoms with Crippen molar-refractivity contribution in [1.29, 1.82) is 5.26 Å². The van der Waals surface area contributed by atoms with Crippen LogP contribution in [0, 0.1) is 21.4 Å². The van der Waals surface area contributed by atoms with E-state index in [1.807, 2.05) is 6.07 Å². The smallest absolute Gasteiger partial charge is 0.269 e. The Morgan fingerprint density at radius 2 is 1.80 bits per heavy atom. The molecule has 3 aromatic rings. The number of rotatable bonds is 7. The van der Waals surface area contributed by atoms with Crippen LogP contribution in [0.5, 0.6) is 0 Å². The number of aromatic carboxylic acids is 1. The first kappa shape index (κ1) is 20.2. The van der Waals surface area contributed by atoms with Crippen molar-refractivity contribution < 1.29 is 19.6 Å². The van der Waals surface area contributed by atoms with Gasteiger partial charge in [-0.3, -0.25) is 19.6 Å². The summed E-state index contributed by atoms with van der Waals surface area (Å²) in [7, 11) is 0. The van der Waals surface area contributed by atoms with Crippen molar-refractivity contribution in [3.8, 4) is 17.3 Å². The lowest BCUT2D eigenvalue weighted by molar-refractivity contribution is -0.384. The number of non-ortho nitro benzene ring substituents is 1. The first-order valence-corrected chi connectivity index (χ1v) is 8.71. The zero-order valence-electron chi connectivity index (χ0n) is 15.4. The van der Waals surface area contributed by atoms with Crippen LogP contribution < -0.4 is 10.4 Å². The molecule has 1 heterocycles. The summed E-state index contributed by atoms with van der Waals surface area (Å²) in [5.74, 6) is -1.83. The van der Waals surface area contributed by atoms with Crippen LogP contribution in [0.4, 0.5) is 11.4 Å². The second kappa shape index (κ2) is 8.66. The van der Waals surface area contributed by atoms with E-state index in [0.29, 0.717) is 16.9 Å². The van der Waals surface area contributed by atoms with Gasteiger partial charge in [0.1, 0.15) is 5.69 Å². The molecule has 0 atom stereocenters. The molecule has 0 aliphatic rings.